The van der Waals surface area contributed by atoms with E-state index in [1.165, 1.54) is 108 Å². The predicted molar refractivity (Wildman–Crippen MR) is 385 cm³/mol. The molecule has 88 heavy (non-hydrogen) atoms. The van der Waals surface area contributed by atoms with Gasteiger partial charge in [0.25, 0.3) is 6.71 Å². The van der Waals surface area contributed by atoms with Crippen molar-refractivity contribution in [2.75, 3.05) is 14.7 Å². The maximum absolute atomic E-state index is 3.21. The number of hydrogen-bond donors (Lipinski definition) is 0. The molecule has 3 nitrogen and oxygen atoms in total. The molecule has 0 radical (unpaired) electrons. The van der Waals surface area contributed by atoms with E-state index >= 15 is 0 Å². The molecule has 0 spiro atoms. The van der Waals surface area contributed by atoms with Crippen molar-refractivity contribution in [1.82, 2.24) is 0 Å². The topological polar surface area (TPSA) is 9.72 Å². The van der Waals surface area contributed by atoms with Gasteiger partial charge in [0, 0.05) is 60.4 Å². The maximum atomic E-state index is 2.69. The number of rotatable bonds is 9. The van der Waals surface area contributed by atoms with E-state index in [0.717, 1.165) is 28.4 Å². The Morgan fingerprint density at radius 3 is 1.26 bits per heavy atom. The lowest BCUT2D eigenvalue weighted by molar-refractivity contribution is 0.590. The predicted octanol–water partition coefficient (Wildman–Crippen LogP) is 18.0. The monoisotopic (exact) mass is 1170 g/mol. The van der Waals surface area contributed by atoms with E-state index in [1.54, 1.807) is 0 Å². The van der Waals surface area contributed by atoms with Crippen LogP contribution in [0.25, 0.3) is 31.6 Å². The van der Waals surface area contributed by atoms with Crippen molar-refractivity contribution in [3.8, 4) is 0 Å². The second-order valence-electron chi connectivity index (χ2n) is 27.4. The quantitative estimate of drug-likeness (QED) is 0.105. The summed E-state index contributed by atoms with van der Waals surface area (Å²) >= 11 is 1.97. The van der Waals surface area contributed by atoms with Gasteiger partial charge < -0.3 is 14.7 Å². The highest BCUT2D eigenvalue weighted by molar-refractivity contribution is 7.33. The van der Waals surface area contributed by atoms with Crippen LogP contribution in [0.2, 0.25) is 0 Å². The van der Waals surface area contributed by atoms with Crippen LogP contribution in [-0.4, -0.2) is 14.8 Å². The molecule has 1 aromatic heterocycles. The molecule has 0 fully saturated rings. The van der Waals surface area contributed by atoms with Gasteiger partial charge in [-0.15, -0.1) is 11.3 Å². The van der Waals surface area contributed by atoms with Crippen LogP contribution < -0.4 is 51.1 Å². The van der Waals surface area contributed by atoms with Crippen molar-refractivity contribution in [2.45, 2.75) is 78.6 Å². The summed E-state index contributed by atoms with van der Waals surface area (Å²) < 4.78 is 2.65. The van der Waals surface area contributed by atoms with Gasteiger partial charge in [-0.3, -0.25) is 0 Å². The molecule has 2 aliphatic heterocycles. The molecule has 0 unspecified atom stereocenters. The smallest absolute Gasteiger partial charge is 0.264 e. The number of nitrogens with zero attached hydrogens (tertiary/aromatic N) is 3. The first kappa shape index (κ1) is 55.4. The Hall–Kier alpha value is -9.20. The van der Waals surface area contributed by atoms with Crippen molar-refractivity contribution in [1.29, 1.82) is 0 Å². The molecule has 0 saturated carbocycles. The van der Waals surface area contributed by atoms with Gasteiger partial charge in [-0.1, -0.05) is 250 Å². The molecule has 3 heterocycles. The van der Waals surface area contributed by atoms with Crippen molar-refractivity contribution >= 4 is 145 Å². The van der Waals surface area contributed by atoms with Crippen molar-refractivity contribution in [3.63, 3.8) is 0 Å². The summed E-state index contributed by atoms with van der Waals surface area (Å²) in [5.74, 6) is 0. The van der Waals surface area contributed by atoms with Gasteiger partial charge in [-0.25, -0.2) is 0 Å². The average Bonchev–Trinajstić information content (AvgIpc) is 1.27. The van der Waals surface area contributed by atoms with Crippen LogP contribution in [0.1, 0.15) is 79.0 Å². The minimum atomic E-state index is -3.21. The lowest BCUT2D eigenvalue weighted by atomic mass is 9.36. The third-order valence-electron chi connectivity index (χ3n) is 18.8. The molecule has 0 amide bonds. The molecule has 15 rings (SSSR count). The van der Waals surface area contributed by atoms with Crippen molar-refractivity contribution < 1.29 is 0 Å². The zero-order chi connectivity index (χ0) is 60.3. The summed E-state index contributed by atoms with van der Waals surface area (Å²) in [7, 11) is -3.21. The maximum Gasteiger partial charge on any atom is 0.264 e. The fraction of sp³-hybridized carbons (Fsp3) is 0.146. The molecule has 0 bridgehead atoms. The van der Waals surface area contributed by atoms with Gasteiger partial charge >= 0.3 is 0 Å². The van der Waals surface area contributed by atoms with Crippen LogP contribution >= 0.6 is 11.3 Å². The third-order valence-corrected chi connectivity index (χ3v) is 24.8. The fourth-order valence-electron chi connectivity index (χ4n) is 14.2. The van der Waals surface area contributed by atoms with Gasteiger partial charge in [0.05, 0.1) is 5.69 Å². The molecular formula is C82H72BN3SSi. The molecule has 0 aliphatic carbocycles. The van der Waals surface area contributed by atoms with Crippen LogP contribution in [0.5, 0.6) is 0 Å². The minimum absolute atomic E-state index is 0.0253. The standard InChI is InChI=1S/C82H72BN3SSi/c1-80(2,3)59-35-42-62(43-36-59)85-73-52-66(84(64-40-33-55-23-19-21-25-57(55)49-64)65-41-34-56-24-20-22-26-58(56)50-65)46-47-72(73)83-77-74(85)53-70(88(67-27-13-10-14-28-67,68-29-15-11-16-30-68)69-31-17-12-18-32-69)54-75(77)86(63-44-37-60(38-45-63)81(4,5)6)78-71-51-61(82(7,8)9)39-48-76(71)87-79(78)83/h10-54H,1-9H3. The van der Waals surface area contributed by atoms with Crippen molar-refractivity contribution in [2.24, 2.45) is 0 Å². The lowest BCUT2D eigenvalue weighted by Crippen LogP contribution is -2.75. The van der Waals surface area contributed by atoms with E-state index < -0.39 is 8.07 Å². The number of benzene rings is 12. The van der Waals surface area contributed by atoms with Crippen LogP contribution in [0, 0.1) is 0 Å². The Balaban J connectivity index is 1.10. The van der Waals surface area contributed by atoms with Gasteiger partial charge in [0.15, 0.2) is 8.07 Å². The first-order chi connectivity index (χ1) is 42.5. The van der Waals surface area contributed by atoms with E-state index in [-0.39, 0.29) is 23.0 Å². The highest BCUT2D eigenvalue weighted by Crippen LogP contribution is 2.50. The van der Waals surface area contributed by atoms with Crippen LogP contribution in [0.3, 0.4) is 0 Å². The number of fused-ring (bicyclic) bond motifs is 8. The summed E-state index contributed by atoms with van der Waals surface area (Å²) in [5.41, 5.74) is 16.8. The Kier molecular flexibility index (Phi) is 13.2. The summed E-state index contributed by atoms with van der Waals surface area (Å²) in [6.45, 7) is 20.9. The number of anilines is 9. The highest BCUT2D eigenvalue weighted by Gasteiger charge is 2.49. The van der Waals surface area contributed by atoms with Crippen LogP contribution in [0.4, 0.5) is 51.2 Å². The molecule has 0 N–H and O–H groups in total. The number of thiophene rings is 1. The third kappa shape index (κ3) is 9.22. The zero-order valence-electron chi connectivity index (χ0n) is 51.8. The first-order valence-corrected chi connectivity index (χ1v) is 34.0. The van der Waals surface area contributed by atoms with E-state index in [9.17, 15) is 0 Å². The minimum Gasteiger partial charge on any atom is -0.311 e. The van der Waals surface area contributed by atoms with Gasteiger partial charge in [-0.2, -0.15) is 0 Å². The second-order valence-corrected chi connectivity index (χ2v) is 32.3. The summed E-state index contributed by atoms with van der Waals surface area (Å²) in [6, 6.07) is 105. The molecule has 0 atom stereocenters. The molecule has 0 saturated heterocycles. The Morgan fingerprint density at radius 2 is 0.773 bits per heavy atom. The van der Waals surface area contributed by atoms with Gasteiger partial charge in [-0.05, 0) is 171 Å². The summed E-state index contributed by atoms with van der Waals surface area (Å²) in [4.78, 5) is 7.83. The lowest BCUT2D eigenvalue weighted by Gasteiger charge is -2.45. The molecule has 428 valence electrons. The summed E-state index contributed by atoms with van der Waals surface area (Å²) in [6.07, 6.45) is 0. The van der Waals surface area contributed by atoms with Crippen LogP contribution in [-0.2, 0) is 16.2 Å². The van der Waals surface area contributed by atoms with Crippen molar-refractivity contribution in [3.05, 3.63) is 290 Å². The molecule has 2 aliphatic rings. The molecule has 13 aromatic rings. The number of hydrogen-bond acceptors (Lipinski definition) is 4. The Morgan fingerprint density at radius 1 is 0.352 bits per heavy atom. The Bertz CT molecular complexity index is 4630. The molecule has 12 aromatic carbocycles. The zero-order valence-corrected chi connectivity index (χ0v) is 53.6. The van der Waals surface area contributed by atoms with E-state index in [0.29, 0.717) is 0 Å². The van der Waals surface area contributed by atoms with E-state index in [1.807, 2.05) is 11.3 Å². The molecule has 6 heteroatoms. The largest absolute Gasteiger partial charge is 0.311 e. The highest BCUT2D eigenvalue weighted by atomic mass is 32.1. The fourth-order valence-corrected chi connectivity index (χ4v) is 20.3. The van der Waals surface area contributed by atoms with Gasteiger partial charge in [0.2, 0.25) is 0 Å². The Labute approximate surface area is 524 Å². The normalized spacial score (nSPS) is 13.2. The van der Waals surface area contributed by atoms with E-state index in [4.69, 9.17) is 0 Å². The average molecular weight is 1170 g/mol. The summed E-state index contributed by atoms with van der Waals surface area (Å²) in [5, 5.41) is 11.5. The van der Waals surface area contributed by atoms with E-state index in [2.05, 4.69) is 350 Å². The van der Waals surface area contributed by atoms with Crippen LogP contribution in [0.15, 0.2) is 273 Å². The second kappa shape index (κ2) is 21.0. The van der Waals surface area contributed by atoms with Gasteiger partial charge in [0.1, 0.15) is 0 Å². The SMILES string of the molecule is CC(C)(C)c1ccc(N2c3cc(N(c4ccc5ccccc5c4)c4ccc5ccccc5c4)ccc3B3c4sc5ccc(C(C)(C)C)cc5c4N(c4ccc(C(C)(C)C)cc4)c4cc([Si](c5ccccc5)(c5ccccc5)c5ccccc5)cc2c43)cc1. The first-order valence-electron chi connectivity index (χ1n) is 31.2. The molecular weight excluding hydrogens is 1100 g/mol.